The van der Waals surface area contributed by atoms with Gasteiger partial charge in [0, 0.05) is 19.5 Å². The Morgan fingerprint density at radius 3 is 2.21 bits per heavy atom. The first-order valence-electron chi connectivity index (χ1n) is 7.82. The van der Waals surface area contributed by atoms with Crippen molar-refractivity contribution in [1.29, 1.82) is 0 Å². The second-order valence-electron chi connectivity index (χ2n) is 5.72. The lowest BCUT2D eigenvalue weighted by molar-refractivity contribution is -0.120. The number of nitrogens with two attached hydrogens (primary N) is 1. The maximum absolute atomic E-state index is 12.4. The van der Waals surface area contributed by atoms with Gasteiger partial charge in [0.1, 0.15) is 0 Å². The molecule has 1 aromatic rings. The third kappa shape index (κ3) is 7.17. The zero-order valence-corrected chi connectivity index (χ0v) is 16.1. The Kier molecular flexibility index (Phi) is 10.1. The molecule has 1 amide bonds. The Balaban J connectivity index is 0.00000529. The van der Waals surface area contributed by atoms with Gasteiger partial charge in [-0.3, -0.25) is 4.79 Å². The van der Waals surface area contributed by atoms with Crippen LogP contribution in [-0.2, 0) is 14.8 Å². The Morgan fingerprint density at radius 2 is 1.67 bits per heavy atom. The molecule has 0 atom stereocenters. The number of sulfonamides is 1. The summed E-state index contributed by atoms with van der Waals surface area (Å²) >= 11 is 0. The van der Waals surface area contributed by atoms with Crippen LogP contribution >= 0.6 is 12.4 Å². The first kappa shape index (κ1) is 22.9. The second kappa shape index (κ2) is 10.7. The Hall–Kier alpha value is -1.15. The first-order valence-corrected chi connectivity index (χ1v) is 9.30. The standard InChI is InChI=1S/C16H27N3O3S.ClH/c1-12-10-13(2)16(14(3)11-12)23(21,22)19-9-6-15(20)18-8-5-4-7-17;/h10-11,19H,4-9,17H2,1-3H3,(H,18,20);1H. The van der Waals surface area contributed by atoms with Crippen molar-refractivity contribution in [2.45, 2.75) is 44.9 Å². The summed E-state index contributed by atoms with van der Waals surface area (Å²) in [5.41, 5.74) is 7.82. The number of rotatable bonds is 9. The predicted octanol–water partition coefficient (Wildman–Crippen LogP) is 1.56. The van der Waals surface area contributed by atoms with Gasteiger partial charge in [-0.15, -0.1) is 12.4 Å². The second-order valence-corrected chi connectivity index (χ2v) is 7.43. The molecule has 0 unspecified atom stereocenters. The van der Waals surface area contributed by atoms with Crippen LogP contribution < -0.4 is 15.8 Å². The molecule has 24 heavy (non-hydrogen) atoms. The van der Waals surface area contributed by atoms with E-state index in [1.165, 1.54) is 0 Å². The van der Waals surface area contributed by atoms with Crippen LogP contribution in [-0.4, -0.2) is 34.0 Å². The summed E-state index contributed by atoms with van der Waals surface area (Å²) in [5, 5.41) is 2.74. The molecule has 1 aromatic carbocycles. The van der Waals surface area contributed by atoms with Crippen molar-refractivity contribution in [3.63, 3.8) is 0 Å². The van der Waals surface area contributed by atoms with Gasteiger partial charge in [0.05, 0.1) is 4.90 Å². The van der Waals surface area contributed by atoms with Crippen LogP contribution in [0.25, 0.3) is 0 Å². The number of carbonyl (C=O) groups is 1. The molecule has 0 spiro atoms. The van der Waals surface area contributed by atoms with Crippen LogP contribution in [0.15, 0.2) is 17.0 Å². The molecular formula is C16H28ClN3O3S. The summed E-state index contributed by atoms with van der Waals surface area (Å²) < 4.78 is 27.3. The summed E-state index contributed by atoms with van der Waals surface area (Å²) in [6, 6.07) is 3.68. The highest BCUT2D eigenvalue weighted by atomic mass is 35.5. The maximum Gasteiger partial charge on any atom is 0.241 e. The summed E-state index contributed by atoms with van der Waals surface area (Å²) in [4.78, 5) is 11.9. The summed E-state index contributed by atoms with van der Waals surface area (Å²) in [5.74, 6) is -0.165. The van der Waals surface area contributed by atoms with Crippen LogP contribution in [0.5, 0.6) is 0 Å². The first-order chi connectivity index (χ1) is 10.8. The van der Waals surface area contributed by atoms with E-state index in [1.807, 2.05) is 19.1 Å². The highest BCUT2D eigenvalue weighted by Gasteiger charge is 2.19. The summed E-state index contributed by atoms with van der Waals surface area (Å²) in [6.45, 7) is 6.73. The minimum atomic E-state index is -3.61. The molecule has 0 aliphatic heterocycles. The number of carbonyl (C=O) groups excluding carboxylic acids is 1. The van der Waals surface area contributed by atoms with Gasteiger partial charge in [-0.25, -0.2) is 13.1 Å². The van der Waals surface area contributed by atoms with E-state index in [0.29, 0.717) is 29.1 Å². The third-order valence-corrected chi connectivity index (χ3v) is 5.24. The average molecular weight is 378 g/mol. The molecule has 0 bridgehead atoms. The Morgan fingerprint density at radius 1 is 1.08 bits per heavy atom. The molecule has 138 valence electrons. The van der Waals surface area contributed by atoms with Crippen molar-refractivity contribution in [2.75, 3.05) is 19.6 Å². The zero-order chi connectivity index (χ0) is 17.5. The van der Waals surface area contributed by atoms with Crippen LogP contribution in [0, 0.1) is 20.8 Å². The predicted molar refractivity (Wildman–Crippen MR) is 99.0 cm³/mol. The van der Waals surface area contributed by atoms with Crippen molar-refractivity contribution in [1.82, 2.24) is 10.0 Å². The number of halogens is 1. The highest BCUT2D eigenvalue weighted by Crippen LogP contribution is 2.21. The van der Waals surface area contributed by atoms with Gasteiger partial charge in [-0.05, 0) is 51.3 Å². The van der Waals surface area contributed by atoms with Gasteiger partial charge in [-0.2, -0.15) is 0 Å². The largest absolute Gasteiger partial charge is 0.356 e. The van der Waals surface area contributed by atoms with E-state index in [2.05, 4.69) is 10.0 Å². The number of nitrogens with one attached hydrogen (secondary N) is 2. The quantitative estimate of drug-likeness (QED) is 0.568. The van der Waals surface area contributed by atoms with Gasteiger partial charge < -0.3 is 11.1 Å². The van der Waals surface area contributed by atoms with Crippen molar-refractivity contribution in [2.24, 2.45) is 5.73 Å². The molecule has 0 fully saturated rings. The van der Waals surface area contributed by atoms with Gasteiger partial charge in [0.25, 0.3) is 0 Å². The fourth-order valence-electron chi connectivity index (χ4n) is 2.55. The lowest BCUT2D eigenvalue weighted by Crippen LogP contribution is -2.32. The Labute approximate surface area is 151 Å². The minimum Gasteiger partial charge on any atom is -0.356 e. The van der Waals surface area contributed by atoms with Crippen molar-refractivity contribution >= 4 is 28.3 Å². The lowest BCUT2D eigenvalue weighted by Gasteiger charge is -2.13. The molecular weight excluding hydrogens is 350 g/mol. The van der Waals surface area contributed by atoms with E-state index in [4.69, 9.17) is 5.73 Å². The molecule has 0 heterocycles. The Bertz CT molecular complexity index is 625. The zero-order valence-electron chi connectivity index (χ0n) is 14.5. The van der Waals surface area contributed by atoms with E-state index in [0.717, 1.165) is 18.4 Å². The lowest BCUT2D eigenvalue weighted by atomic mass is 10.1. The van der Waals surface area contributed by atoms with Gasteiger partial charge >= 0.3 is 0 Å². The van der Waals surface area contributed by atoms with Crippen molar-refractivity contribution in [3.8, 4) is 0 Å². The minimum absolute atomic E-state index is 0. The SMILES string of the molecule is Cc1cc(C)c(S(=O)(=O)NCCC(=O)NCCCCN)c(C)c1.Cl. The number of hydrogen-bond donors (Lipinski definition) is 3. The maximum atomic E-state index is 12.4. The number of hydrogen-bond acceptors (Lipinski definition) is 4. The molecule has 8 heteroatoms. The number of amides is 1. The van der Waals surface area contributed by atoms with Gasteiger partial charge in [-0.1, -0.05) is 17.7 Å². The molecule has 0 saturated carbocycles. The fraction of sp³-hybridized carbons (Fsp3) is 0.562. The molecule has 0 aliphatic carbocycles. The number of benzene rings is 1. The van der Waals surface area contributed by atoms with Gasteiger partial charge in [0.2, 0.25) is 15.9 Å². The molecule has 0 saturated heterocycles. The van der Waals surface area contributed by atoms with E-state index in [1.54, 1.807) is 13.8 Å². The van der Waals surface area contributed by atoms with Crippen molar-refractivity contribution in [3.05, 3.63) is 28.8 Å². The van der Waals surface area contributed by atoms with Crippen molar-refractivity contribution < 1.29 is 13.2 Å². The van der Waals surface area contributed by atoms with Crippen LogP contribution in [0.3, 0.4) is 0 Å². The smallest absolute Gasteiger partial charge is 0.241 e. The molecule has 4 N–H and O–H groups in total. The normalized spacial score (nSPS) is 11.0. The monoisotopic (exact) mass is 377 g/mol. The van der Waals surface area contributed by atoms with E-state index in [9.17, 15) is 13.2 Å². The molecule has 1 rings (SSSR count). The van der Waals surface area contributed by atoms with Crippen LogP contribution in [0.1, 0.15) is 36.0 Å². The fourth-order valence-corrected chi connectivity index (χ4v) is 4.03. The summed E-state index contributed by atoms with van der Waals surface area (Å²) in [7, 11) is -3.61. The number of aryl methyl sites for hydroxylation is 3. The van der Waals surface area contributed by atoms with E-state index >= 15 is 0 Å². The highest BCUT2D eigenvalue weighted by molar-refractivity contribution is 7.89. The molecule has 0 aliphatic rings. The van der Waals surface area contributed by atoms with Crippen LogP contribution in [0.4, 0.5) is 0 Å². The number of unbranched alkanes of at least 4 members (excludes halogenated alkanes) is 1. The van der Waals surface area contributed by atoms with E-state index in [-0.39, 0.29) is 31.3 Å². The molecule has 0 aromatic heterocycles. The van der Waals surface area contributed by atoms with Gasteiger partial charge in [0.15, 0.2) is 0 Å². The molecule has 6 nitrogen and oxygen atoms in total. The average Bonchev–Trinajstić information content (AvgIpc) is 2.41. The summed E-state index contributed by atoms with van der Waals surface area (Å²) in [6.07, 6.45) is 1.81. The van der Waals surface area contributed by atoms with Crippen LogP contribution in [0.2, 0.25) is 0 Å². The third-order valence-electron chi connectivity index (χ3n) is 3.47. The topological polar surface area (TPSA) is 101 Å². The molecule has 0 radical (unpaired) electrons. The van der Waals surface area contributed by atoms with E-state index < -0.39 is 10.0 Å².